The highest BCUT2D eigenvalue weighted by Crippen LogP contribution is 2.19. The van der Waals surface area contributed by atoms with Gasteiger partial charge in [0.1, 0.15) is 29.9 Å². The van der Waals surface area contributed by atoms with Crippen LogP contribution in [0.1, 0.15) is 18.4 Å². The Bertz CT molecular complexity index is 1070. The summed E-state index contributed by atoms with van der Waals surface area (Å²) in [7, 11) is -3.43. The largest absolute Gasteiger partial charge is 0.459 e. The van der Waals surface area contributed by atoms with Crippen molar-refractivity contribution in [2.75, 3.05) is 32.7 Å². The van der Waals surface area contributed by atoms with Crippen LogP contribution in [0.25, 0.3) is 11.0 Å². The van der Waals surface area contributed by atoms with Gasteiger partial charge in [0.2, 0.25) is 10.0 Å². The number of guanidine groups is 1. The minimum absolute atomic E-state index is 0.149. The number of aliphatic imine (C=N–C) groups is 1. The van der Waals surface area contributed by atoms with Crippen LogP contribution >= 0.6 is 0 Å². The van der Waals surface area contributed by atoms with Gasteiger partial charge in [-0.25, -0.2) is 13.4 Å². The van der Waals surface area contributed by atoms with Crippen molar-refractivity contribution >= 4 is 27.0 Å². The van der Waals surface area contributed by atoms with Crippen molar-refractivity contribution in [2.45, 2.75) is 19.2 Å². The summed E-state index contributed by atoms with van der Waals surface area (Å²) < 4.78 is 37.3. The van der Waals surface area contributed by atoms with Crippen LogP contribution in [0.3, 0.4) is 0 Å². The van der Waals surface area contributed by atoms with E-state index >= 15 is 0 Å². The maximum absolute atomic E-state index is 12.6. The summed E-state index contributed by atoms with van der Waals surface area (Å²) in [5, 5.41) is 8.05. The molecule has 1 aliphatic rings. The molecular formula is C20H25N5O4S. The average molecular weight is 432 g/mol. The third-order valence-corrected chi connectivity index (χ3v) is 6.76. The molecule has 3 aromatic rings. The number of rotatable bonds is 6. The van der Waals surface area contributed by atoms with Crippen molar-refractivity contribution in [1.29, 1.82) is 0 Å². The van der Waals surface area contributed by atoms with Gasteiger partial charge >= 0.3 is 0 Å². The lowest BCUT2D eigenvalue weighted by Crippen LogP contribution is -2.53. The number of furan rings is 1. The van der Waals surface area contributed by atoms with Gasteiger partial charge in [-0.1, -0.05) is 23.4 Å². The molecule has 2 aromatic heterocycles. The molecule has 1 aliphatic heterocycles. The normalized spacial score (nSPS) is 16.3. The van der Waals surface area contributed by atoms with Gasteiger partial charge in [0.25, 0.3) is 0 Å². The highest BCUT2D eigenvalue weighted by molar-refractivity contribution is 7.88. The Kier molecular flexibility index (Phi) is 6.05. The molecule has 30 heavy (non-hydrogen) atoms. The summed E-state index contributed by atoms with van der Waals surface area (Å²) in [6.07, 6.45) is 1.38. The molecule has 0 amide bonds. The van der Waals surface area contributed by atoms with E-state index in [1.165, 1.54) is 10.6 Å². The lowest BCUT2D eigenvalue weighted by molar-refractivity contribution is 0.259. The molecule has 1 fully saturated rings. The molecule has 4 rings (SSSR count). The van der Waals surface area contributed by atoms with Crippen molar-refractivity contribution < 1.29 is 17.4 Å². The predicted octanol–water partition coefficient (Wildman–Crippen LogP) is 2.03. The molecule has 1 N–H and O–H groups in total. The number of fused-ring (bicyclic) bond motifs is 1. The predicted molar refractivity (Wildman–Crippen MR) is 113 cm³/mol. The molecule has 160 valence electrons. The molecule has 1 saturated heterocycles. The van der Waals surface area contributed by atoms with E-state index in [2.05, 4.69) is 15.4 Å². The van der Waals surface area contributed by atoms with E-state index in [1.807, 2.05) is 37.3 Å². The highest BCUT2D eigenvalue weighted by atomic mass is 32.2. The maximum Gasteiger partial charge on any atom is 0.220 e. The Balaban J connectivity index is 1.39. The van der Waals surface area contributed by atoms with Gasteiger partial charge in [-0.2, -0.15) is 4.31 Å². The third kappa shape index (κ3) is 4.65. The van der Waals surface area contributed by atoms with Crippen LogP contribution < -0.4 is 5.32 Å². The molecule has 9 nitrogen and oxygen atoms in total. The van der Waals surface area contributed by atoms with Crippen molar-refractivity contribution in [3.05, 3.63) is 54.1 Å². The summed E-state index contributed by atoms with van der Waals surface area (Å²) in [5.74, 6) is 1.40. The monoisotopic (exact) mass is 431 g/mol. The number of para-hydroxylation sites is 1. The van der Waals surface area contributed by atoms with Gasteiger partial charge in [-0.05, 0) is 19.1 Å². The fourth-order valence-corrected chi connectivity index (χ4v) is 4.89. The average Bonchev–Trinajstić information content (AvgIpc) is 3.40. The second-order valence-corrected chi connectivity index (χ2v) is 9.02. The zero-order valence-corrected chi connectivity index (χ0v) is 17.6. The Morgan fingerprint density at radius 1 is 1.20 bits per heavy atom. The molecular weight excluding hydrogens is 406 g/mol. The molecule has 0 radical (unpaired) electrons. The first-order chi connectivity index (χ1) is 14.5. The number of sulfonamides is 1. The molecule has 0 atom stereocenters. The molecule has 1 aromatic carbocycles. The van der Waals surface area contributed by atoms with Crippen LogP contribution in [-0.4, -0.2) is 61.5 Å². The van der Waals surface area contributed by atoms with Gasteiger partial charge in [0, 0.05) is 44.2 Å². The summed E-state index contributed by atoms with van der Waals surface area (Å²) in [6, 6.07) is 11.4. The minimum atomic E-state index is -3.43. The first kappa shape index (κ1) is 20.4. The van der Waals surface area contributed by atoms with E-state index < -0.39 is 10.0 Å². The lowest BCUT2D eigenvalue weighted by Gasteiger charge is -2.35. The number of hydrogen-bond donors (Lipinski definition) is 1. The second kappa shape index (κ2) is 8.88. The summed E-state index contributed by atoms with van der Waals surface area (Å²) in [5.41, 5.74) is 1.26. The van der Waals surface area contributed by atoms with Gasteiger partial charge in [0.05, 0.1) is 5.69 Å². The van der Waals surface area contributed by atoms with Crippen molar-refractivity contribution in [3.63, 3.8) is 0 Å². The topological polar surface area (TPSA) is 104 Å². The summed E-state index contributed by atoms with van der Waals surface area (Å²) in [4.78, 5) is 6.78. The lowest BCUT2D eigenvalue weighted by atomic mass is 10.2. The second-order valence-electron chi connectivity index (χ2n) is 7.05. The van der Waals surface area contributed by atoms with Crippen LogP contribution in [0.2, 0.25) is 0 Å². The highest BCUT2D eigenvalue weighted by Gasteiger charge is 2.29. The Labute approximate surface area is 175 Å². The van der Waals surface area contributed by atoms with Crippen LogP contribution in [0, 0.1) is 0 Å². The molecule has 3 heterocycles. The summed E-state index contributed by atoms with van der Waals surface area (Å²) in [6.45, 7) is 5.07. The number of nitrogens with zero attached hydrogens (tertiary/aromatic N) is 4. The fraction of sp³-hybridized carbons (Fsp3) is 0.400. The van der Waals surface area contributed by atoms with Crippen molar-refractivity contribution in [3.8, 4) is 0 Å². The maximum atomic E-state index is 12.6. The Morgan fingerprint density at radius 3 is 2.70 bits per heavy atom. The van der Waals surface area contributed by atoms with E-state index in [-0.39, 0.29) is 5.75 Å². The molecule has 10 heteroatoms. The number of nitrogens with one attached hydrogen (secondary N) is 1. The Morgan fingerprint density at radius 2 is 2.00 bits per heavy atom. The number of benzene rings is 1. The van der Waals surface area contributed by atoms with Gasteiger partial charge < -0.3 is 19.2 Å². The molecule has 0 bridgehead atoms. The number of aromatic nitrogens is 1. The molecule has 0 unspecified atom stereocenters. The number of piperazine rings is 1. The van der Waals surface area contributed by atoms with E-state index in [4.69, 9.17) is 13.9 Å². The van der Waals surface area contributed by atoms with E-state index in [9.17, 15) is 8.42 Å². The van der Waals surface area contributed by atoms with Gasteiger partial charge in [-0.3, -0.25) is 0 Å². The van der Waals surface area contributed by atoms with Crippen LogP contribution in [0.4, 0.5) is 0 Å². The first-order valence-electron chi connectivity index (χ1n) is 9.93. The molecule has 0 aliphatic carbocycles. The van der Waals surface area contributed by atoms with Gasteiger partial charge in [0.15, 0.2) is 5.96 Å². The zero-order chi connectivity index (χ0) is 21.0. The van der Waals surface area contributed by atoms with E-state index in [0.29, 0.717) is 38.4 Å². The quantitative estimate of drug-likeness (QED) is 0.470. The van der Waals surface area contributed by atoms with Crippen LogP contribution in [0.5, 0.6) is 0 Å². The minimum Gasteiger partial charge on any atom is -0.459 e. The van der Waals surface area contributed by atoms with E-state index in [0.717, 1.165) is 29.2 Å². The van der Waals surface area contributed by atoms with E-state index in [1.54, 1.807) is 6.07 Å². The van der Waals surface area contributed by atoms with Crippen molar-refractivity contribution in [1.82, 2.24) is 19.7 Å². The third-order valence-electron chi connectivity index (χ3n) is 4.95. The van der Waals surface area contributed by atoms with Crippen LogP contribution in [-0.2, 0) is 22.3 Å². The number of hydrogen-bond acceptors (Lipinski definition) is 6. The van der Waals surface area contributed by atoms with Crippen molar-refractivity contribution in [2.24, 2.45) is 4.99 Å². The standard InChI is InChI=1S/C20H25N5O4S/c1-2-21-20(22-14-18-13-16-5-3-4-6-19(16)29-18)24-8-10-25(11-9-24)30(26,27)15-17-7-12-28-23-17/h3-7,12-13H,2,8-11,14-15H2,1H3,(H,21,22). The molecule has 0 saturated carbocycles. The fourth-order valence-electron chi connectivity index (χ4n) is 3.46. The van der Waals surface area contributed by atoms with Crippen LogP contribution in [0.15, 0.2) is 56.6 Å². The zero-order valence-electron chi connectivity index (χ0n) is 16.8. The molecule has 0 spiro atoms. The Hall–Kier alpha value is -2.85. The summed E-state index contributed by atoms with van der Waals surface area (Å²) >= 11 is 0. The smallest absolute Gasteiger partial charge is 0.220 e. The van der Waals surface area contributed by atoms with Gasteiger partial charge in [-0.15, -0.1) is 0 Å². The SMILES string of the molecule is CCNC(=NCc1cc2ccccc2o1)N1CCN(S(=O)(=O)Cc2ccon2)CC1. The first-order valence-corrected chi connectivity index (χ1v) is 11.5.